The molecule has 0 aliphatic heterocycles. The van der Waals surface area contributed by atoms with E-state index in [1.807, 2.05) is 6.92 Å². The molecule has 0 atom stereocenters. The lowest BCUT2D eigenvalue weighted by Crippen LogP contribution is -2.15. The molecule has 0 unspecified atom stereocenters. The predicted molar refractivity (Wildman–Crippen MR) is 117 cm³/mol. The van der Waals surface area contributed by atoms with Crippen LogP contribution in [0.1, 0.15) is 5.56 Å². The Balaban J connectivity index is 1.69. The topological polar surface area (TPSA) is 115 Å². The van der Waals surface area contributed by atoms with Crippen molar-refractivity contribution < 1.29 is 13.2 Å². The van der Waals surface area contributed by atoms with Gasteiger partial charge in [-0.25, -0.2) is 18.4 Å². The fraction of sp³-hybridized carbons (Fsp3) is 0.118. The van der Waals surface area contributed by atoms with E-state index in [9.17, 15) is 13.2 Å². The van der Waals surface area contributed by atoms with Gasteiger partial charge >= 0.3 is 0 Å². The molecule has 29 heavy (non-hydrogen) atoms. The number of sulfone groups is 1. The molecule has 152 valence electrons. The van der Waals surface area contributed by atoms with Crippen LogP contribution >= 0.6 is 46.3 Å². The standard InChI is InChI=1S/C17H14Cl2N4O3S3/c1-9-2-3-10(18)6-11(9)22-14(24)8-27-17-21-7-12(16(20)23-17)29(25,26)15-5-4-13(19)28-15/h2-7H,8H2,1H3,(H,22,24)(H2,20,21,23). The lowest BCUT2D eigenvalue weighted by molar-refractivity contribution is -0.113. The molecule has 2 aromatic heterocycles. The zero-order valence-corrected chi connectivity index (χ0v) is 18.8. The molecule has 0 saturated carbocycles. The van der Waals surface area contributed by atoms with Gasteiger partial charge in [0.15, 0.2) is 5.16 Å². The fourth-order valence-corrected chi connectivity index (χ4v) is 5.90. The van der Waals surface area contributed by atoms with Gasteiger partial charge in [-0.15, -0.1) is 11.3 Å². The van der Waals surface area contributed by atoms with Crippen LogP contribution in [0.2, 0.25) is 9.36 Å². The maximum absolute atomic E-state index is 12.6. The summed E-state index contributed by atoms with van der Waals surface area (Å²) >= 11 is 13.7. The number of aromatic nitrogens is 2. The van der Waals surface area contributed by atoms with Crippen LogP contribution in [0, 0.1) is 6.92 Å². The zero-order valence-electron chi connectivity index (χ0n) is 14.8. The van der Waals surface area contributed by atoms with E-state index < -0.39 is 9.84 Å². The lowest BCUT2D eigenvalue weighted by atomic mass is 10.2. The number of amides is 1. The number of nitrogens with zero attached hydrogens (tertiary/aromatic N) is 2. The maximum atomic E-state index is 12.6. The molecule has 7 nitrogen and oxygen atoms in total. The largest absolute Gasteiger partial charge is 0.382 e. The number of halogens is 2. The summed E-state index contributed by atoms with van der Waals surface area (Å²) in [6.45, 7) is 1.85. The number of nitrogens with two attached hydrogens (primary N) is 1. The lowest BCUT2D eigenvalue weighted by Gasteiger charge is -2.09. The Labute approximate surface area is 185 Å². The summed E-state index contributed by atoms with van der Waals surface area (Å²) in [5.74, 6) is -0.469. The molecule has 0 saturated heterocycles. The number of carbonyl (C=O) groups excluding carboxylic acids is 1. The van der Waals surface area contributed by atoms with Crippen molar-refractivity contribution >= 4 is 73.6 Å². The van der Waals surface area contributed by atoms with Crippen molar-refractivity contribution in [1.29, 1.82) is 0 Å². The van der Waals surface area contributed by atoms with Gasteiger partial charge in [-0.1, -0.05) is 41.0 Å². The van der Waals surface area contributed by atoms with Crippen molar-refractivity contribution in [3.8, 4) is 0 Å². The van der Waals surface area contributed by atoms with Crippen molar-refractivity contribution in [2.45, 2.75) is 21.2 Å². The van der Waals surface area contributed by atoms with E-state index in [0.717, 1.165) is 34.9 Å². The molecule has 3 aromatic rings. The van der Waals surface area contributed by atoms with Gasteiger partial charge in [-0.2, -0.15) is 0 Å². The molecular formula is C17H14Cl2N4O3S3. The van der Waals surface area contributed by atoms with Gasteiger partial charge in [0.25, 0.3) is 0 Å². The fourth-order valence-electron chi connectivity index (χ4n) is 2.24. The SMILES string of the molecule is Cc1ccc(Cl)cc1NC(=O)CSc1ncc(S(=O)(=O)c2ccc(Cl)s2)c(N)n1. The second-order valence-corrected chi connectivity index (χ2v) is 11.0. The number of nitrogens with one attached hydrogen (secondary N) is 1. The highest BCUT2D eigenvalue weighted by Crippen LogP contribution is 2.32. The van der Waals surface area contributed by atoms with Crippen LogP contribution < -0.4 is 11.1 Å². The number of anilines is 2. The molecule has 0 fully saturated rings. The predicted octanol–water partition coefficient (Wildman–Crippen LogP) is 4.30. The van der Waals surface area contributed by atoms with E-state index in [-0.39, 0.29) is 31.7 Å². The van der Waals surface area contributed by atoms with E-state index in [0.29, 0.717) is 15.0 Å². The minimum absolute atomic E-state index is 0.0119. The van der Waals surface area contributed by atoms with Crippen molar-refractivity contribution in [1.82, 2.24) is 9.97 Å². The van der Waals surface area contributed by atoms with Crippen LogP contribution in [0.25, 0.3) is 0 Å². The van der Waals surface area contributed by atoms with Crippen LogP contribution in [0.15, 0.2) is 50.8 Å². The van der Waals surface area contributed by atoms with Gasteiger partial charge in [0.1, 0.15) is 14.9 Å². The number of benzene rings is 1. The molecule has 3 rings (SSSR count). The maximum Gasteiger partial charge on any atom is 0.234 e. The van der Waals surface area contributed by atoms with Gasteiger partial charge < -0.3 is 11.1 Å². The Kier molecular flexibility index (Phi) is 6.69. The smallest absolute Gasteiger partial charge is 0.234 e. The average molecular weight is 489 g/mol. The number of carbonyl (C=O) groups is 1. The van der Waals surface area contributed by atoms with Crippen molar-refractivity contribution in [3.63, 3.8) is 0 Å². The molecule has 0 spiro atoms. The molecule has 1 aromatic carbocycles. The Hall–Kier alpha value is -1.85. The van der Waals surface area contributed by atoms with Gasteiger partial charge in [-0.05, 0) is 36.8 Å². The van der Waals surface area contributed by atoms with Crippen LogP contribution in [0.4, 0.5) is 11.5 Å². The van der Waals surface area contributed by atoms with Gasteiger partial charge in [0.2, 0.25) is 15.7 Å². The number of aryl methyl sites for hydroxylation is 1. The first-order chi connectivity index (χ1) is 13.7. The monoisotopic (exact) mass is 488 g/mol. The number of hydrogen-bond donors (Lipinski definition) is 2. The Bertz CT molecular complexity index is 1180. The van der Waals surface area contributed by atoms with Crippen LogP contribution in [-0.4, -0.2) is 30.0 Å². The van der Waals surface area contributed by atoms with Crippen LogP contribution in [0.3, 0.4) is 0 Å². The van der Waals surface area contributed by atoms with E-state index in [1.54, 1.807) is 18.2 Å². The quantitative estimate of drug-likeness (QED) is 0.392. The minimum Gasteiger partial charge on any atom is -0.382 e. The Morgan fingerprint density at radius 1 is 1.28 bits per heavy atom. The van der Waals surface area contributed by atoms with Crippen molar-refractivity contribution in [3.05, 3.63) is 51.5 Å². The first-order valence-electron chi connectivity index (χ1n) is 7.98. The molecule has 0 bridgehead atoms. The zero-order chi connectivity index (χ0) is 21.2. The summed E-state index contributed by atoms with van der Waals surface area (Å²) in [4.78, 5) is 20.0. The van der Waals surface area contributed by atoms with E-state index >= 15 is 0 Å². The Morgan fingerprint density at radius 3 is 2.69 bits per heavy atom. The third-order valence-electron chi connectivity index (χ3n) is 3.67. The number of hydrogen-bond acceptors (Lipinski definition) is 8. The van der Waals surface area contributed by atoms with Crippen molar-refractivity contribution in [2.24, 2.45) is 0 Å². The molecule has 3 N–H and O–H groups in total. The summed E-state index contributed by atoms with van der Waals surface area (Å²) in [7, 11) is -3.86. The number of nitrogen functional groups attached to an aromatic ring is 1. The first kappa shape index (κ1) is 21.8. The molecule has 1 amide bonds. The second kappa shape index (κ2) is 8.88. The third-order valence-corrected chi connectivity index (χ3v) is 8.26. The third kappa shape index (κ3) is 5.20. The number of thioether (sulfide) groups is 1. The summed E-state index contributed by atoms with van der Waals surface area (Å²) in [6.07, 6.45) is 1.13. The van der Waals surface area contributed by atoms with Crippen LogP contribution in [-0.2, 0) is 14.6 Å². The Morgan fingerprint density at radius 2 is 2.03 bits per heavy atom. The molecule has 0 aliphatic carbocycles. The van der Waals surface area contributed by atoms with E-state index in [1.165, 1.54) is 12.1 Å². The number of rotatable bonds is 6. The highest BCUT2D eigenvalue weighted by molar-refractivity contribution is 7.99. The average Bonchev–Trinajstić information content (AvgIpc) is 3.10. The molecule has 0 aliphatic rings. The van der Waals surface area contributed by atoms with Gasteiger partial charge in [0, 0.05) is 10.7 Å². The summed E-state index contributed by atoms with van der Waals surface area (Å²) in [5, 5.41) is 3.45. The summed E-state index contributed by atoms with van der Waals surface area (Å²) in [5.41, 5.74) is 7.31. The summed E-state index contributed by atoms with van der Waals surface area (Å²) in [6, 6.07) is 8.07. The van der Waals surface area contributed by atoms with Gasteiger partial charge in [-0.3, -0.25) is 4.79 Å². The molecule has 12 heteroatoms. The van der Waals surface area contributed by atoms with Gasteiger partial charge in [0.05, 0.1) is 16.3 Å². The molecule has 2 heterocycles. The van der Waals surface area contributed by atoms with E-state index in [4.69, 9.17) is 28.9 Å². The normalized spacial score (nSPS) is 11.4. The highest BCUT2D eigenvalue weighted by Gasteiger charge is 2.24. The summed E-state index contributed by atoms with van der Waals surface area (Å²) < 4.78 is 25.6. The number of thiophene rings is 1. The van der Waals surface area contributed by atoms with E-state index in [2.05, 4.69) is 15.3 Å². The minimum atomic E-state index is -3.86. The first-order valence-corrected chi connectivity index (χ1v) is 12.0. The highest BCUT2D eigenvalue weighted by atomic mass is 35.5. The molecular weight excluding hydrogens is 475 g/mol. The van der Waals surface area contributed by atoms with Crippen LogP contribution in [0.5, 0.6) is 0 Å². The van der Waals surface area contributed by atoms with Crippen molar-refractivity contribution in [2.75, 3.05) is 16.8 Å². The molecule has 0 radical (unpaired) electrons. The second-order valence-electron chi connectivity index (χ2n) is 5.76.